The first-order valence-corrected chi connectivity index (χ1v) is 53.1. The monoisotopic (exact) mass is 2420 g/mol. The minimum atomic E-state index is -0.506. The predicted octanol–water partition coefficient (Wildman–Crippen LogP) is 23.1. The standard InChI is InChI=1S/C41H63N5O2.C40H61N5O2.C39H59N5O2.3CH3.3Co.3Y/c1-38(2,3)32-22-29(16-13-18-45-20-15-21-46-19-14-17-44(12)37(45)46)35(47)31(24-32)27-43-41(10,11)28-42-26-30-23-33(39(4,5)6)25-34(36(30)48)40(7,8)9;1-38(2,3)32-23-29(15-11-19-44-21-14-22-45-20-13-18-43(10)37(44)45)35(46)30(24-32)27-41-16-12-17-42-28-31-25-33(39(4,5)6)26-34(36(31)47)40(7,8)9;1-37(2,3)31-22-28(14-11-18-43-20-13-21-44-19-12-17-42(10)36(43)44)34(45)29(23-31)26-40-15-16-41-27-30-24-32(38(4,5)6)25-33(35(30)46)39(7,8)9;;;;;;;;;/h22-27H,13-21,28H2,1-12H3,(H-,42,43,47,48);23-28H,11-22H2,1-10H3,(H-,41,42,46,47);22-27H,11-21H2,1-10H3,(H-,40,41,45,46);3*1H3;;;;;;/q;;;3*-1;;;;;;/p+3. The summed E-state index contributed by atoms with van der Waals surface area (Å²) in [5, 5.41) is 67.4. The van der Waals surface area contributed by atoms with Gasteiger partial charge in [0, 0.05) is 287 Å². The molecule has 12 rings (SSSR count). The van der Waals surface area contributed by atoms with E-state index in [1.807, 2.05) is 18.5 Å². The van der Waals surface area contributed by atoms with E-state index in [1.54, 1.807) is 24.9 Å². The molecular formula is C123H195Co3N15O6Y3. The smallest absolute Gasteiger partial charge is 0.350 e. The van der Waals surface area contributed by atoms with Crippen molar-refractivity contribution in [3.05, 3.63) is 195 Å². The van der Waals surface area contributed by atoms with E-state index < -0.39 is 5.54 Å². The molecule has 6 aliphatic rings. The Kier molecular flexibility index (Phi) is 57.8. The van der Waals surface area contributed by atoms with Crippen LogP contribution in [0.25, 0.3) is 0 Å². The zero-order valence-electron chi connectivity index (χ0n) is 99.4. The molecule has 3 saturated heterocycles. The van der Waals surface area contributed by atoms with Gasteiger partial charge in [0.25, 0.3) is 0 Å². The summed E-state index contributed by atoms with van der Waals surface area (Å²) in [6.45, 7) is 82.1. The Morgan fingerprint density at radius 2 is 0.487 bits per heavy atom. The average molecular weight is 2420 g/mol. The third-order valence-electron chi connectivity index (χ3n) is 28.5. The maximum atomic E-state index is 11.5. The van der Waals surface area contributed by atoms with Crippen LogP contribution in [0.3, 0.4) is 0 Å². The Balaban J connectivity index is 0.00000109. The number of fused-ring (bicyclic) bond motifs is 3. The number of aryl methyl sites for hydroxylation is 3. The van der Waals surface area contributed by atoms with Gasteiger partial charge in [0.1, 0.15) is 34.5 Å². The Labute approximate surface area is 1020 Å². The van der Waals surface area contributed by atoms with Gasteiger partial charge in [-0.1, -0.05) is 223 Å². The first kappa shape index (κ1) is 143. The van der Waals surface area contributed by atoms with Gasteiger partial charge in [-0.15, -0.1) is 0 Å². The number of hydrogen-bond donors (Lipinski definition) is 6. The van der Waals surface area contributed by atoms with E-state index in [-0.39, 0.29) is 219 Å². The van der Waals surface area contributed by atoms with Crippen LogP contribution in [0.5, 0.6) is 34.5 Å². The van der Waals surface area contributed by atoms with Gasteiger partial charge in [-0.3, -0.25) is 73.1 Å². The van der Waals surface area contributed by atoms with Crippen LogP contribution in [-0.4, -0.2) is 287 Å². The van der Waals surface area contributed by atoms with Crippen LogP contribution in [0.15, 0.2) is 103 Å². The second-order valence-corrected chi connectivity index (χ2v) is 50.9. The van der Waals surface area contributed by atoms with Gasteiger partial charge in [-0.2, -0.15) is 0 Å². The number of hydrogen-bond acceptors (Lipinski definition) is 18. The van der Waals surface area contributed by atoms with Crippen LogP contribution in [0.4, 0.5) is 0 Å². The summed E-state index contributed by atoms with van der Waals surface area (Å²) in [5.41, 5.74) is 16.2. The maximum absolute atomic E-state index is 11.5. The van der Waals surface area contributed by atoms with Gasteiger partial charge in [-0.05, 0) is 194 Å². The van der Waals surface area contributed by atoms with Crippen molar-refractivity contribution in [2.75, 3.05) is 152 Å². The van der Waals surface area contributed by atoms with Crippen molar-refractivity contribution < 1.29 is 193 Å². The molecule has 6 N–H and O–H groups in total. The molecule has 0 amide bonds. The normalized spacial score (nSPS) is 15.7. The summed E-state index contributed by atoms with van der Waals surface area (Å²) < 4.78 is 7.24. The summed E-state index contributed by atoms with van der Waals surface area (Å²) in [6, 6.07) is 25.4. The molecule has 6 heterocycles. The molecule has 6 aromatic rings. The van der Waals surface area contributed by atoms with E-state index in [4.69, 9.17) is 15.0 Å². The Bertz CT molecular complexity index is 5620. The molecule has 6 aromatic carbocycles. The maximum Gasteiger partial charge on any atom is 0.350 e. The molecule has 3 fully saturated rings. The van der Waals surface area contributed by atoms with Crippen LogP contribution in [0, 0.1) is 22.3 Å². The van der Waals surface area contributed by atoms with E-state index in [9.17, 15) is 30.6 Å². The van der Waals surface area contributed by atoms with Gasteiger partial charge >= 0.3 is 17.9 Å². The summed E-state index contributed by atoms with van der Waals surface area (Å²) in [4.78, 5) is 43.6. The van der Waals surface area contributed by atoms with Gasteiger partial charge in [0.15, 0.2) is 0 Å². The quantitative estimate of drug-likeness (QED) is 0.0117. The third kappa shape index (κ3) is 40.3. The fourth-order valence-corrected chi connectivity index (χ4v) is 19.7. The fourth-order valence-electron chi connectivity index (χ4n) is 19.7. The average Bonchev–Trinajstić information content (AvgIpc) is 0.785. The van der Waals surface area contributed by atoms with Gasteiger partial charge in [-0.25, -0.2) is 0 Å². The SMILES string of the molecule is C[N+]1=C2N(CCCc3cc(C(C)(C)C)cc(C=NC(C)(C)CN=Cc4cc(C(C)(C)C)cc(C(C)(C)C)c4O)c3O)CCCN2CCC1.C[N+]1=C2N(CCCc3cc(C(C)(C)C)cc(C=NCCCN=Cc4cc(C(C)(C)C)cc(C(C)(C)C)c4O)c3O)CCCN2CCC1.C[N+]1=C2N(CCCc3cc(C(C)(C)C)cc(C=NCCN=Cc4cc(C(C)(C)C)cc(C(C)(C)C)c4O)c3O)CCCN2CCC1.[CH3-].[CH3-].[CH3-].[Co].[Co].[Co].[Y].[Y].[Y]. The molecule has 0 aromatic heterocycles. The van der Waals surface area contributed by atoms with E-state index in [1.165, 1.54) is 89.8 Å². The third-order valence-corrected chi connectivity index (χ3v) is 28.5. The van der Waals surface area contributed by atoms with Crippen LogP contribution >= 0.6 is 0 Å². The van der Waals surface area contributed by atoms with Crippen molar-refractivity contribution in [3.63, 3.8) is 0 Å². The predicted molar refractivity (Wildman–Crippen MR) is 615 cm³/mol. The van der Waals surface area contributed by atoms with Crippen molar-refractivity contribution >= 4 is 55.2 Å². The number of nitrogens with zero attached hydrogens (tertiary/aromatic N) is 15. The molecule has 0 atom stereocenters. The molecule has 6 aliphatic heterocycles. The number of phenolic OH excluding ortho intramolecular Hbond substituents is 6. The van der Waals surface area contributed by atoms with Gasteiger partial charge < -0.3 is 52.9 Å². The second kappa shape index (κ2) is 60.7. The fraction of sp³-hybridized carbons (Fsp3) is 0.610. The molecule has 0 saturated carbocycles. The number of aromatic hydroxyl groups is 6. The van der Waals surface area contributed by atoms with Crippen molar-refractivity contribution in [3.8, 4) is 34.5 Å². The zero-order valence-corrected chi connectivity index (χ0v) is 111. The number of benzene rings is 6. The summed E-state index contributed by atoms with van der Waals surface area (Å²) in [7, 11) is 6.65. The van der Waals surface area contributed by atoms with Gasteiger partial charge in [0.2, 0.25) is 0 Å². The molecule has 0 unspecified atom stereocenters. The number of guanidine groups is 3. The summed E-state index contributed by atoms with van der Waals surface area (Å²) in [5.74, 6) is 6.06. The minimum Gasteiger partial charge on any atom is -0.507 e. The number of phenols is 6. The number of rotatable bonds is 28. The molecule has 150 heavy (non-hydrogen) atoms. The summed E-state index contributed by atoms with van der Waals surface area (Å²) in [6.07, 6.45) is 24.3. The van der Waals surface area contributed by atoms with Crippen molar-refractivity contribution in [1.82, 2.24) is 29.4 Å². The second-order valence-electron chi connectivity index (χ2n) is 50.9. The first-order chi connectivity index (χ1) is 65.6. The Morgan fingerprint density at radius 1 is 0.267 bits per heavy atom. The van der Waals surface area contributed by atoms with E-state index in [2.05, 4.69) is 347 Å². The molecule has 27 heteroatoms. The van der Waals surface area contributed by atoms with Crippen LogP contribution < -0.4 is 0 Å². The number of aliphatic imine (C=N–C) groups is 6. The largest absolute Gasteiger partial charge is 0.507 e. The van der Waals surface area contributed by atoms with Gasteiger partial charge in [0.05, 0.1) is 144 Å². The molecular weight excluding hydrogens is 2230 g/mol. The Hall–Kier alpha value is -5.22. The Morgan fingerprint density at radius 3 is 0.733 bits per heavy atom. The molecule has 6 radical (unpaired) electrons. The van der Waals surface area contributed by atoms with E-state index in [0.29, 0.717) is 67.2 Å². The van der Waals surface area contributed by atoms with E-state index >= 15 is 0 Å². The topological polar surface area (TPSA) is 224 Å². The van der Waals surface area contributed by atoms with Crippen molar-refractivity contribution in [2.45, 2.75) is 339 Å². The zero-order chi connectivity index (χ0) is 104. The molecule has 0 aliphatic carbocycles. The molecule has 834 valence electrons. The van der Waals surface area contributed by atoms with Crippen molar-refractivity contribution in [1.29, 1.82) is 0 Å². The first-order valence-electron chi connectivity index (χ1n) is 53.1. The molecule has 21 nitrogen and oxygen atoms in total. The van der Waals surface area contributed by atoms with Crippen molar-refractivity contribution in [2.24, 2.45) is 30.0 Å². The summed E-state index contributed by atoms with van der Waals surface area (Å²) >= 11 is 0. The molecule has 0 bridgehead atoms. The minimum absolute atomic E-state index is 0. The molecule has 0 spiro atoms. The van der Waals surface area contributed by atoms with E-state index in [0.717, 1.165) is 210 Å². The van der Waals surface area contributed by atoms with Crippen LogP contribution in [0.1, 0.15) is 365 Å². The van der Waals surface area contributed by atoms with Crippen LogP contribution in [-0.2, 0) is 216 Å². The van der Waals surface area contributed by atoms with Crippen LogP contribution in [0.2, 0.25) is 0 Å².